The molecule has 0 bridgehead atoms. The third-order valence-electron chi connectivity index (χ3n) is 8.84. The predicted molar refractivity (Wildman–Crippen MR) is 175 cm³/mol. The first-order valence-corrected chi connectivity index (χ1v) is 14.7. The van der Waals surface area contributed by atoms with Crippen LogP contribution in [0, 0.1) is 0 Å². The van der Waals surface area contributed by atoms with Gasteiger partial charge in [-0.2, -0.15) is 0 Å². The van der Waals surface area contributed by atoms with Crippen molar-refractivity contribution < 1.29 is 20.1 Å². The Labute approximate surface area is 257 Å². The van der Waals surface area contributed by atoms with Crippen LogP contribution in [0.2, 0.25) is 0 Å². The summed E-state index contributed by atoms with van der Waals surface area (Å²) in [5, 5.41) is 33.1. The fourth-order valence-corrected chi connectivity index (χ4v) is 6.69. The summed E-state index contributed by atoms with van der Waals surface area (Å²) in [6.07, 6.45) is 0. The van der Waals surface area contributed by atoms with Crippen LogP contribution in [0.4, 0.5) is 22.7 Å². The van der Waals surface area contributed by atoms with Gasteiger partial charge in [-0.1, -0.05) is 84.6 Å². The van der Waals surface area contributed by atoms with Crippen LogP contribution in [-0.2, 0) is 4.79 Å². The van der Waals surface area contributed by atoms with Crippen molar-refractivity contribution in [2.45, 2.75) is 0 Å². The first-order chi connectivity index (χ1) is 22.0. The first-order valence-electron chi connectivity index (χ1n) is 14.7. The zero-order valence-electron chi connectivity index (χ0n) is 23.8. The van der Waals surface area contributed by atoms with Gasteiger partial charge in [0.15, 0.2) is 11.5 Å². The number of nitrogens with one attached hydrogen (secondary N) is 4. The van der Waals surface area contributed by atoms with E-state index in [0.717, 1.165) is 44.1 Å². The Kier molecular flexibility index (Phi) is 5.36. The van der Waals surface area contributed by atoms with E-state index in [1.807, 2.05) is 91.0 Å². The van der Waals surface area contributed by atoms with Crippen molar-refractivity contribution in [1.29, 1.82) is 0 Å². The number of carbonyl (C=O) groups excluding carboxylic acids is 1. The first kappa shape index (κ1) is 25.4. The number of hydrogen-bond donors (Lipinski definition) is 5. The molecule has 6 aromatic carbocycles. The van der Waals surface area contributed by atoms with Gasteiger partial charge in [0.25, 0.3) is 0 Å². The zero-order valence-corrected chi connectivity index (χ0v) is 23.8. The minimum absolute atomic E-state index is 0.158. The molecule has 0 aromatic heterocycles. The number of phenolic OH excluding ortho intramolecular Hbond substituents is 1. The highest BCUT2D eigenvalue weighted by Gasteiger charge is 2.35. The molecular weight excluding hydrogens is 561 g/mol. The van der Waals surface area contributed by atoms with Gasteiger partial charge in [0, 0.05) is 50.5 Å². The molecule has 0 saturated carbocycles. The maximum absolute atomic E-state index is 14.1. The van der Waals surface area contributed by atoms with Crippen LogP contribution < -0.4 is 42.3 Å². The Morgan fingerprint density at radius 3 is 2.22 bits per heavy atom. The van der Waals surface area contributed by atoms with Crippen LogP contribution in [0.15, 0.2) is 126 Å². The summed E-state index contributed by atoms with van der Waals surface area (Å²) in [4.78, 5) is 19.2. The molecule has 0 saturated heterocycles. The van der Waals surface area contributed by atoms with Crippen molar-refractivity contribution in [3.63, 3.8) is 0 Å². The van der Waals surface area contributed by atoms with Crippen LogP contribution in [0.25, 0.3) is 32.7 Å². The van der Waals surface area contributed by atoms with E-state index < -0.39 is 0 Å². The largest absolute Gasteiger partial charge is 0.871 e. The SMILES string of the molecule is O=C1C(c2ccc3cccc4c3c2N[NH+](c2ccc(O)cc2)N4)=C([O-])/C1=c1\ccc2cccc3c2c1=NB(c1ccccc1)N3. The summed E-state index contributed by atoms with van der Waals surface area (Å²) in [5.74, 6) is -0.421. The lowest BCUT2D eigenvalue weighted by molar-refractivity contribution is -0.783. The van der Waals surface area contributed by atoms with Gasteiger partial charge in [-0.15, -0.1) is 5.12 Å². The van der Waals surface area contributed by atoms with E-state index in [4.69, 9.17) is 4.90 Å². The topological polar surface area (TPSA) is 113 Å². The molecular formula is C36H24BN5O3. The van der Waals surface area contributed by atoms with Crippen molar-refractivity contribution in [2.24, 2.45) is 4.90 Å². The molecule has 214 valence electrons. The van der Waals surface area contributed by atoms with Gasteiger partial charge in [0.1, 0.15) is 11.4 Å². The van der Waals surface area contributed by atoms with E-state index in [1.165, 1.54) is 0 Å². The maximum Gasteiger partial charge on any atom is 0.427 e. The molecule has 0 fully saturated rings. The average molecular weight is 585 g/mol. The number of aromatic hydroxyl groups is 1. The third kappa shape index (κ3) is 3.78. The number of anilines is 3. The van der Waals surface area contributed by atoms with E-state index in [2.05, 4.69) is 16.1 Å². The Hall–Kier alpha value is -6.06. The van der Waals surface area contributed by atoms with E-state index in [1.54, 1.807) is 24.3 Å². The number of quaternary nitrogens is 1. The average Bonchev–Trinajstić information content (AvgIpc) is 3.08. The molecule has 1 aliphatic carbocycles. The summed E-state index contributed by atoms with van der Waals surface area (Å²) in [6, 6.07) is 36.3. The Balaban J connectivity index is 1.24. The van der Waals surface area contributed by atoms with Crippen molar-refractivity contribution in [1.82, 2.24) is 0 Å². The number of ketones is 1. The van der Waals surface area contributed by atoms with Crippen molar-refractivity contribution in [3.05, 3.63) is 137 Å². The van der Waals surface area contributed by atoms with Gasteiger partial charge in [-0.3, -0.25) is 4.79 Å². The second kappa shape index (κ2) is 9.47. The van der Waals surface area contributed by atoms with Crippen molar-refractivity contribution in [3.8, 4) is 5.75 Å². The Bertz CT molecular complexity index is 2410. The molecule has 45 heavy (non-hydrogen) atoms. The molecule has 1 unspecified atom stereocenters. The fourth-order valence-electron chi connectivity index (χ4n) is 6.69. The second-order valence-electron chi connectivity index (χ2n) is 11.4. The highest BCUT2D eigenvalue weighted by molar-refractivity contribution is 6.75. The number of hydrogen-bond acceptors (Lipinski definition) is 7. The van der Waals surface area contributed by atoms with Gasteiger partial charge in [-0.05, 0) is 40.5 Å². The minimum atomic E-state index is -0.353. The molecule has 3 aliphatic rings. The molecule has 2 aliphatic heterocycles. The van der Waals surface area contributed by atoms with Crippen LogP contribution in [-0.4, -0.2) is 17.9 Å². The van der Waals surface area contributed by atoms with Crippen LogP contribution >= 0.6 is 0 Å². The van der Waals surface area contributed by atoms with E-state index in [0.29, 0.717) is 26.9 Å². The number of carbonyl (C=O) groups is 1. The molecule has 0 amide bonds. The van der Waals surface area contributed by atoms with E-state index in [9.17, 15) is 15.0 Å². The molecule has 9 rings (SSSR count). The van der Waals surface area contributed by atoms with E-state index >= 15 is 0 Å². The lowest BCUT2D eigenvalue weighted by Crippen LogP contribution is -3.14. The lowest BCUT2D eigenvalue weighted by atomic mass is 9.67. The normalized spacial score (nSPS) is 17.7. The van der Waals surface area contributed by atoms with Crippen LogP contribution in [0.5, 0.6) is 5.75 Å². The van der Waals surface area contributed by atoms with Gasteiger partial charge in [-0.25, -0.2) is 10.9 Å². The van der Waals surface area contributed by atoms with Gasteiger partial charge >= 0.3 is 6.98 Å². The number of phenols is 1. The maximum atomic E-state index is 14.1. The Morgan fingerprint density at radius 2 is 1.44 bits per heavy atom. The number of nitrogens with zero attached hydrogens (tertiary/aromatic N) is 1. The van der Waals surface area contributed by atoms with Gasteiger partial charge < -0.3 is 20.3 Å². The third-order valence-corrected chi connectivity index (χ3v) is 8.84. The summed E-state index contributed by atoms with van der Waals surface area (Å²) < 4.78 is 0. The predicted octanol–water partition coefficient (Wildman–Crippen LogP) is 2.53. The summed E-state index contributed by atoms with van der Waals surface area (Å²) in [6.45, 7) is -0.353. The van der Waals surface area contributed by atoms with Crippen LogP contribution in [0.3, 0.4) is 0 Å². The molecule has 2 heterocycles. The molecule has 6 aromatic rings. The molecule has 0 radical (unpaired) electrons. The zero-order chi connectivity index (χ0) is 30.2. The second-order valence-corrected chi connectivity index (χ2v) is 11.4. The smallest absolute Gasteiger partial charge is 0.427 e. The Morgan fingerprint density at radius 1 is 0.711 bits per heavy atom. The van der Waals surface area contributed by atoms with Crippen molar-refractivity contribution in [2.75, 3.05) is 16.1 Å². The quantitative estimate of drug-likeness (QED) is 0.161. The molecule has 1 atom stereocenters. The summed E-state index contributed by atoms with van der Waals surface area (Å²) >= 11 is 0. The highest BCUT2D eigenvalue weighted by Crippen LogP contribution is 2.43. The molecule has 5 N–H and O–H groups in total. The summed E-state index contributed by atoms with van der Waals surface area (Å²) in [7, 11) is 0. The monoisotopic (exact) mass is 585 g/mol. The number of benzene rings is 6. The van der Waals surface area contributed by atoms with E-state index in [-0.39, 0.29) is 35.4 Å². The van der Waals surface area contributed by atoms with Crippen LogP contribution in [0.1, 0.15) is 5.56 Å². The fraction of sp³-hybridized carbons (Fsp3) is 0. The lowest BCUT2D eigenvalue weighted by Gasteiger charge is -2.34. The number of Topliss-reactive ketones (excluding diaryl/α,β-unsaturated/α-hetero) is 1. The molecule has 8 nitrogen and oxygen atoms in total. The minimum Gasteiger partial charge on any atom is -0.871 e. The standard InChI is InChI=1S/C36H24BN5O3/c43-24-16-14-23(15-17-24)42-40-28-11-5-7-21-13-19-26(34(41-42)30(21)28)32-35(44)31(36(32)45)25-18-12-20-6-4-10-27-29(20)33(25)39-37(38-27)22-8-2-1-3-9-22/h1-19,38,40-41,43-44H/b31-25-. The van der Waals surface area contributed by atoms with Crippen molar-refractivity contribution >= 4 is 73.7 Å². The van der Waals surface area contributed by atoms with Gasteiger partial charge in [0.2, 0.25) is 0 Å². The van der Waals surface area contributed by atoms with Gasteiger partial charge in [0.05, 0.1) is 11.0 Å². The molecule has 9 heteroatoms. The number of rotatable bonds is 3. The highest BCUT2D eigenvalue weighted by atomic mass is 16.3. The molecule has 0 spiro atoms. The summed E-state index contributed by atoms with van der Waals surface area (Å²) in [5.41, 5.74) is 12.1. The number of allylic oxidation sites excluding steroid dienone is 2.